The van der Waals surface area contributed by atoms with E-state index >= 15 is 0 Å². The highest BCUT2D eigenvalue weighted by molar-refractivity contribution is 7.90. The van der Waals surface area contributed by atoms with Crippen molar-refractivity contribution in [3.63, 3.8) is 0 Å². The molecule has 1 atom stereocenters. The van der Waals surface area contributed by atoms with Crippen LogP contribution in [0, 0.1) is 5.82 Å². The Kier molecular flexibility index (Phi) is 6.92. The van der Waals surface area contributed by atoms with E-state index < -0.39 is 9.84 Å². The van der Waals surface area contributed by atoms with Crippen molar-refractivity contribution >= 4 is 21.4 Å². The molecule has 0 amide bonds. The number of hydrogen-bond acceptors (Lipinski definition) is 3. The Balaban J connectivity index is 2.62. The van der Waals surface area contributed by atoms with E-state index in [9.17, 15) is 12.8 Å². The molecule has 0 aliphatic rings. The third-order valence-corrected chi connectivity index (χ3v) is 4.42. The van der Waals surface area contributed by atoms with Gasteiger partial charge in [0.2, 0.25) is 0 Å². The summed E-state index contributed by atoms with van der Waals surface area (Å²) in [6.07, 6.45) is 3.26. The Hall–Kier alpha value is -0.650. The van der Waals surface area contributed by atoms with Gasteiger partial charge in [-0.3, -0.25) is 0 Å². The second kappa shape index (κ2) is 7.96. The Morgan fingerprint density at radius 2 is 2.10 bits per heavy atom. The molecule has 20 heavy (non-hydrogen) atoms. The maximum atomic E-state index is 13.0. The first-order valence-corrected chi connectivity index (χ1v) is 9.10. The fraction of sp³-hybridized carbons (Fsp3) is 0.571. The largest absolute Gasteiger partial charge is 0.314 e. The van der Waals surface area contributed by atoms with Crippen LogP contribution < -0.4 is 5.32 Å². The van der Waals surface area contributed by atoms with Gasteiger partial charge in [-0.1, -0.05) is 24.6 Å². The first-order valence-electron chi connectivity index (χ1n) is 6.67. The van der Waals surface area contributed by atoms with Gasteiger partial charge in [0.1, 0.15) is 15.7 Å². The first-order chi connectivity index (χ1) is 9.31. The van der Waals surface area contributed by atoms with Gasteiger partial charge in [-0.05, 0) is 43.5 Å². The molecule has 0 saturated carbocycles. The maximum Gasteiger partial charge on any atom is 0.147 e. The van der Waals surface area contributed by atoms with Crippen molar-refractivity contribution in [1.29, 1.82) is 0 Å². The monoisotopic (exact) mass is 321 g/mol. The second-order valence-electron chi connectivity index (χ2n) is 4.97. The molecule has 3 nitrogen and oxygen atoms in total. The number of benzene rings is 1. The van der Waals surface area contributed by atoms with Crippen LogP contribution in [-0.4, -0.2) is 33.0 Å². The molecule has 0 spiro atoms. The lowest BCUT2D eigenvalue weighted by Gasteiger charge is -2.18. The number of halogens is 2. The molecule has 1 aromatic rings. The fourth-order valence-electron chi connectivity index (χ4n) is 2.11. The summed E-state index contributed by atoms with van der Waals surface area (Å²) in [7, 11) is -2.92. The zero-order valence-corrected chi connectivity index (χ0v) is 13.4. The van der Waals surface area contributed by atoms with Crippen LogP contribution in [0.2, 0.25) is 5.02 Å². The molecule has 0 bridgehead atoms. The van der Waals surface area contributed by atoms with Crippen LogP contribution in [0.15, 0.2) is 18.2 Å². The van der Waals surface area contributed by atoms with Gasteiger partial charge in [0.15, 0.2) is 0 Å². The molecule has 0 saturated heterocycles. The number of nitrogens with one attached hydrogen (secondary N) is 1. The van der Waals surface area contributed by atoms with Crippen LogP contribution in [0.1, 0.15) is 25.3 Å². The van der Waals surface area contributed by atoms with Crippen molar-refractivity contribution in [2.24, 2.45) is 0 Å². The van der Waals surface area contributed by atoms with Crippen molar-refractivity contribution in [3.05, 3.63) is 34.6 Å². The summed E-state index contributed by atoms with van der Waals surface area (Å²) in [6.45, 7) is 2.79. The van der Waals surface area contributed by atoms with Crippen LogP contribution in [0.5, 0.6) is 0 Å². The Labute approximate surface area is 125 Å². The standard InChI is InChI=1S/C14H21ClFNO2S/c1-3-17-13(5-4-8-20(2,18)19)9-11-6-7-12(16)10-14(11)15/h6-7,10,13,17H,3-5,8-9H2,1-2H3. The zero-order valence-electron chi connectivity index (χ0n) is 11.8. The fourth-order valence-corrected chi connectivity index (χ4v) is 3.04. The predicted octanol–water partition coefficient (Wildman–Crippen LogP) is 2.82. The number of sulfone groups is 1. The molecular weight excluding hydrogens is 301 g/mol. The molecule has 6 heteroatoms. The Morgan fingerprint density at radius 1 is 1.40 bits per heavy atom. The molecule has 1 aromatic carbocycles. The predicted molar refractivity (Wildman–Crippen MR) is 81.5 cm³/mol. The molecule has 0 aliphatic heterocycles. The molecule has 0 aromatic heterocycles. The highest BCUT2D eigenvalue weighted by Crippen LogP contribution is 2.20. The first kappa shape index (κ1) is 17.4. The Morgan fingerprint density at radius 3 is 2.65 bits per heavy atom. The molecule has 1 unspecified atom stereocenters. The smallest absolute Gasteiger partial charge is 0.147 e. The van der Waals surface area contributed by atoms with E-state index in [4.69, 9.17) is 11.6 Å². The van der Waals surface area contributed by atoms with Gasteiger partial charge >= 0.3 is 0 Å². The topological polar surface area (TPSA) is 46.2 Å². The summed E-state index contributed by atoms with van der Waals surface area (Å²) in [5.74, 6) is -0.165. The number of hydrogen-bond donors (Lipinski definition) is 1. The zero-order chi connectivity index (χ0) is 15.2. The molecule has 1 N–H and O–H groups in total. The summed E-state index contributed by atoms with van der Waals surface area (Å²) in [4.78, 5) is 0. The SMILES string of the molecule is CCNC(CCCS(C)(=O)=O)Cc1ccc(F)cc1Cl. The van der Waals surface area contributed by atoms with E-state index in [1.54, 1.807) is 6.07 Å². The van der Waals surface area contributed by atoms with E-state index in [1.807, 2.05) is 6.92 Å². The summed E-state index contributed by atoms with van der Waals surface area (Å²) in [5.41, 5.74) is 0.873. The average molecular weight is 322 g/mol. The highest BCUT2D eigenvalue weighted by Gasteiger charge is 2.12. The number of likely N-dealkylation sites (N-methyl/N-ethyl adjacent to an activating group) is 1. The molecular formula is C14H21ClFNO2S. The summed E-state index contributed by atoms with van der Waals surface area (Å²) in [6, 6.07) is 4.51. The van der Waals surface area contributed by atoms with E-state index in [0.29, 0.717) is 17.9 Å². The van der Waals surface area contributed by atoms with Crippen molar-refractivity contribution in [2.45, 2.75) is 32.2 Å². The van der Waals surface area contributed by atoms with Crippen LogP contribution in [0.3, 0.4) is 0 Å². The lowest BCUT2D eigenvalue weighted by atomic mass is 10.0. The van der Waals surface area contributed by atoms with Crippen LogP contribution in [0.4, 0.5) is 4.39 Å². The number of rotatable bonds is 8. The van der Waals surface area contributed by atoms with Gasteiger partial charge < -0.3 is 5.32 Å². The van der Waals surface area contributed by atoms with Crippen molar-refractivity contribution in [2.75, 3.05) is 18.6 Å². The van der Waals surface area contributed by atoms with Gasteiger partial charge in [-0.25, -0.2) is 12.8 Å². The Bertz CT molecular complexity index is 534. The van der Waals surface area contributed by atoms with Crippen LogP contribution in [-0.2, 0) is 16.3 Å². The van der Waals surface area contributed by atoms with E-state index in [2.05, 4.69) is 5.32 Å². The maximum absolute atomic E-state index is 13.0. The van der Waals surface area contributed by atoms with Crippen LogP contribution in [0.25, 0.3) is 0 Å². The normalized spacial score (nSPS) is 13.4. The summed E-state index contributed by atoms with van der Waals surface area (Å²) >= 11 is 6.02. The second-order valence-corrected chi connectivity index (χ2v) is 7.63. The quantitative estimate of drug-likeness (QED) is 0.801. The molecule has 1 rings (SSSR count). The van der Waals surface area contributed by atoms with Gasteiger partial charge in [-0.15, -0.1) is 0 Å². The van der Waals surface area contributed by atoms with Crippen LogP contribution >= 0.6 is 11.6 Å². The van der Waals surface area contributed by atoms with E-state index in [-0.39, 0.29) is 17.6 Å². The van der Waals surface area contributed by atoms with Gasteiger partial charge in [0.25, 0.3) is 0 Å². The summed E-state index contributed by atoms with van der Waals surface area (Å²) < 4.78 is 35.3. The molecule has 0 fully saturated rings. The molecule has 0 radical (unpaired) electrons. The molecule has 0 heterocycles. The minimum absolute atomic E-state index is 0.143. The lowest BCUT2D eigenvalue weighted by Crippen LogP contribution is -2.31. The highest BCUT2D eigenvalue weighted by atomic mass is 35.5. The van der Waals surface area contributed by atoms with Crippen molar-refractivity contribution < 1.29 is 12.8 Å². The van der Waals surface area contributed by atoms with Gasteiger partial charge in [-0.2, -0.15) is 0 Å². The van der Waals surface area contributed by atoms with E-state index in [0.717, 1.165) is 18.5 Å². The molecule has 114 valence electrons. The van der Waals surface area contributed by atoms with Crippen molar-refractivity contribution in [1.82, 2.24) is 5.32 Å². The summed E-state index contributed by atoms with van der Waals surface area (Å²) in [5, 5.41) is 3.72. The van der Waals surface area contributed by atoms with Gasteiger partial charge in [0.05, 0.1) is 0 Å². The van der Waals surface area contributed by atoms with E-state index in [1.165, 1.54) is 18.4 Å². The minimum Gasteiger partial charge on any atom is -0.314 e. The minimum atomic E-state index is -2.92. The third kappa shape index (κ3) is 6.68. The third-order valence-electron chi connectivity index (χ3n) is 3.04. The molecule has 0 aliphatic carbocycles. The van der Waals surface area contributed by atoms with Crippen molar-refractivity contribution in [3.8, 4) is 0 Å². The lowest BCUT2D eigenvalue weighted by molar-refractivity contribution is 0.484. The average Bonchev–Trinajstić information content (AvgIpc) is 2.31. The van der Waals surface area contributed by atoms with Gasteiger partial charge in [0, 0.05) is 23.1 Å².